The lowest BCUT2D eigenvalue weighted by Gasteiger charge is -2.11. The van der Waals surface area contributed by atoms with Gasteiger partial charge in [-0.2, -0.15) is 0 Å². The molecule has 0 bridgehead atoms. The molecular weight excluding hydrogens is 294 g/mol. The Morgan fingerprint density at radius 1 is 1.28 bits per heavy atom. The minimum absolute atomic E-state index is 0.0150. The van der Waals surface area contributed by atoms with Gasteiger partial charge in [-0.3, -0.25) is 0 Å². The van der Waals surface area contributed by atoms with Gasteiger partial charge in [-0.25, -0.2) is 9.67 Å². The van der Waals surface area contributed by atoms with E-state index in [0.717, 1.165) is 24.5 Å². The third kappa shape index (κ3) is 2.72. The summed E-state index contributed by atoms with van der Waals surface area (Å²) in [5.41, 5.74) is 0. The Morgan fingerprint density at radius 3 is 2.72 bits per heavy atom. The summed E-state index contributed by atoms with van der Waals surface area (Å²) in [5, 5.41) is 4.23. The molecule has 1 aromatic carbocycles. The van der Waals surface area contributed by atoms with Crippen molar-refractivity contribution in [1.82, 2.24) is 14.8 Å². The molecule has 5 heteroatoms. The van der Waals surface area contributed by atoms with Crippen LogP contribution in [0, 0.1) is 0 Å². The van der Waals surface area contributed by atoms with Gasteiger partial charge in [-0.05, 0) is 28.1 Å². The molecule has 0 spiro atoms. The number of nitrogens with zero attached hydrogens (tertiary/aromatic N) is 3. The van der Waals surface area contributed by atoms with Gasteiger partial charge in [0.2, 0.25) is 4.73 Å². The second-order valence-corrected chi connectivity index (χ2v) is 4.38. The third-order valence-corrected chi connectivity index (χ3v) is 2.92. The summed E-state index contributed by atoms with van der Waals surface area (Å²) in [6.07, 6.45) is 0.943. The number of rotatable bonds is 2. The molecule has 3 rings (SSSR count). The van der Waals surface area contributed by atoms with Gasteiger partial charge in [0.15, 0.2) is 11.9 Å². The highest BCUT2D eigenvalue weighted by atomic mass is 79.9. The smallest absolute Gasteiger partial charge is 0.217 e. The summed E-state index contributed by atoms with van der Waals surface area (Å²) in [7, 11) is 0. The molecule has 0 amide bonds. The van der Waals surface area contributed by atoms with Gasteiger partial charge in [0.1, 0.15) is 5.75 Å². The monoisotopic (exact) mass is 309 g/mol. The zero-order valence-corrected chi connectivity index (χ0v) is 12.1. The highest BCUT2D eigenvalue weighted by Crippen LogP contribution is 2.29. The Balaban J connectivity index is 0.000000574. The van der Waals surface area contributed by atoms with E-state index in [1.165, 1.54) is 0 Å². The maximum Gasteiger partial charge on any atom is 0.217 e. The molecule has 0 aliphatic carbocycles. The summed E-state index contributed by atoms with van der Waals surface area (Å²) in [6, 6.07) is 9.80. The normalized spacial score (nSPS) is 16.7. The van der Waals surface area contributed by atoms with Crippen molar-refractivity contribution >= 4 is 15.9 Å². The Kier molecular flexibility index (Phi) is 4.36. The number of fused-ring (bicyclic) bond motifs is 1. The van der Waals surface area contributed by atoms with Crippen LogP contribution in [0.2, 0.25) is 0 Å². The van der Waals surface area contributed by atoms with Gasteiger partial charge in [-0.15, -0.1) is 5.10 Å². The SMILES string of the molecule is Brc1nc2n(n1)CCC2Oc1ccccc1.CC. The Hall–Kier alpha value is -1.36. The zero-order chi connectivity index (χ0) is 13.0. The first-order valence-corrected chi connectivity index (χ1v) is 6.94. The van der Waals surface area contributed by atoms with Gasteiger partial charge in [0, 0.05) is 13.0 Å². The fraction of sp³-hybridized carbons (Fsp3) is 0.385. The van der Waals surface area contributed by atoms with E-state index in [2.05, 4.69) is 26.0 Å². The van der Waals surface area contributed by atoms with Crippen LogP contribution >= 0.6 is 15.9 Å². The first-order chi connectivity index (χ1) is 8.83. The van der Waals surface area contributed by atoms with E-state index in [9.17, 15) is 0 Å². The molecule has 1 atom stereocenters. The fourth-order valence-corrected chi connectivity index (χ4v) is 2.24. The summed E-state index contributed by atoms with van der Waals surface area (Å²) in [4.78, 5) is 4.31. The maximum absolute atomic E-state index is 5.87. The van der Waals surface area contributed by atoms with Gasteiger partial charge in [0.25, 0.3) is 0 Å². The predicted molar refractivity (Wildman–Crippen MR) is 73.5 cm³/mol. The molecule has 2 heterocycles. The molecule has 0 fully saturated rings. The number of hydrogen-bond acceptors (Lipinski definition) is 3. The van der Waals surface area contributed by atoms with Crippen molar-refractivity contribution in [3.63, 3.8) is 0 Å². The van der Waals surface area contributed by atoms with Gasteiger partial charge >= 0.3 is 0 Å². The second-order valence-electron chi connectivity index (χ2n) is 3.67. The first-order valence-electron chi connectivity index (χ1n) is 6.15. The number of halogens is 1. The largest absolute Gasteiger partial charge is 0.482 e. The lowest BCUT2D eigenvalue weighted by Crippen LogP contribution is -2.04. The average molecular weight is 310 g/mol. The van der Waals surface area contributed by atoms with Crippen molar-refractivity contribution in [3.8, 4) is 5.75 Å². The standard InChI is InChI=1S/C11H10BrN3O.C2H6/c12-11-13-10-9(6-7-15(10)14-11)16-8-4-2-1-3-5-8;1-2/h1-5,9H,6-7H2;1-2H3. The van der Waals surface area contributed by atoms with Crippen molar-refractivity contribution in [1.29, 1.82) is 0 Å². The first kappa shape index (κ1) is 13.1. The van der Waals surface area contributed by atoms with Crippen molar-refractivity contribution in [3.05, 3.63) is 40.9 Å². The van der Waals surface area contributed by atoms with Crippen LogP contribution < -0.4 is 4.74 Å². The Morgan fingerprint density at radius 2 is 2.00 bits per heavy atom. The molecule has 0 saturated carbocycles. The second kappa shape index (κ2) is 6.00. The van der Waals surface area contributed by atoms with Gasteiger partial charge in [-0.1, -0.05) is 32.0 Å². The molecule has 18 heavy (non-hydrogen) atoms. The van der Waals surface area contributed by atoms with Gasteiger partial charge < -0.3 is 4.74 Å². The summed E-state index contributed by atoms with van der Waals surface area (Å²) in [5.74, 6) is 1.77. The third-order valence-electron chi connectivity index (χ3n) is 2.59. The van der Waals surface area contributed by atoms with Crippen LogP contribution in [0.1, 0.15) is 32.2 Å². The van der Waals surface area contributed by atoms with Crippen LogP contribution in [0.4, 0.5) is 0 Å². The Labute approximate surface area is 115 Å². The molecule has 1 aliphatic rings. The molecule has 0 N–H and O–H groups in total. The van der Waals surface area contributed by atoms with Crippen molar-refractivity contribution < 1.29 is 4.74 Å². The molecule has 0 saturated heterocycles. The van der Waals surface area contributed by atoms with E-state index in [4.69, 9.17) is 4.74 Å². The summed E-state index contributed by atoms with van der Waals surface area (Å²) < 4.78 is 8.39. The molecule has 96 valence electrons. The van der Waals surface area contributed by atoms with Crippen LogP contribution in [0.5, 0.6) is 5.75 Å². The summed E-state index contributed by atoms with van der Waals surface area (Å²) >= 11 is 3.27. The minimum atomic E-state index is 0.0150. The quantitative estimate of drug-likeness (QED) is 0.851. The van der Waals surface area contributed by atoms with Crippen LogP contribution in [0.3, 0.4) is 0 Å². The molecule has 1 aromatic heterocycles. The number of aryl methyl sites for hydroxylation is 1. The van der Waals surface area contributed by atoms with E-state index in [1.807, 2.05) is 48.9 Å². The molecule has 4 nitrogen and oxygen atoms in total. The highest BCUT2D eigenvalue weighted by Gasteiger charge is 2.27. The van der Waals surface area contributed by atoms with Crippen molar-refractivity contribution in [2.24, 2.45) is 0 Å². The lowest BCUT2D eigenvalue weighted by molar-refractivity contribution is 0.203. The highest BCUT2D eigenvalue weighted by molar-refractivity contribution is 9.10. The van der Waals surface area contributed by atoms with Crippen LogP contribution in [-0.2, 0) is 6.54 Å². The van der Waals surface area contributed by atoms with E-state index in [0.29, 0.717) is 4.73 Å². The molecule has 1 unspecified atom stereocenters. The molecule has 2 aromatic rings. The molecule has 0 radical (unpaired) electrons. The minimum Gasteiger partial charge on any atom is -0.482 e. The van der Waals surface area contributed by atoms with Gasteiger partial charge in [0.05, 0.1) is 0 Å². The van der Waals surface area contributed by atoms with E-state index in [-0.39, 0.29) is 6.10 Å². The van der Waals surface area contributed by atoms with Crippen LogP contribution in [-0.4, -0.2) is 14.8 Å². The van der Waals surface area contributed by atoms with Crippen LogP contribution in [0.15, 0.2) is 35.1 Å². The number of benzene rings is 1. The Bertz CT molecular complexity index is 498. The van der Waals surface area contributed by atoms with E-state index in [1.54, 1.807) is 0 Å². The average Bonchev–Trinajstić information content (AvgIpc) is 2.94. The lowest BCUT2D eigenvalue weighted by atomic mass is 10.3. The molecule has 1 aliphatic heterocycles. The topological polar surface area (TPSA) is 39.9 Å². The fourth-order valence-electron chi connectivity index (χ4n) is 1.87. The van der Waals surface area contributed by atoms with Crippen molar-refractivity contribution in [2.75, 3.05) is 0 Å². The maximum atomic E-state index is 5.87. The summed E-state index contributed by atoms with van der Waals surface area (Å²) in [6.45, 7) is 4.87. The molecular formula is C13H16BrN3O. The number of para-hydroxylation sites is 1. The number of ether oxygens (including phenoxy) is 1. The van der Waals surface area contributed by atoms with E-state index < -0.39 is 0 Å². The predicted octanol–water partition coefficient (Wildman–Crippen LogP) is 3.59. The van der Waals surface area contributed by atoms with Crippen LogP contribution in [0.25, 0.3) is 0 Å². The zero-order valence-electron chi connectivity index (χ0n) is 10.5. The number of hydrogen-bond donors (Lipinski definition) is 0. The number of aromatic nitrogens is 3. The van der Waals surface area contributed by atoms with E-state index >= 15 is 0 Å². The van der Waals surface area contributed by atoms with Crippen molar-refractivity contribution in [2.45, 2.75) is 32.9 Å².